The summed E-state index contributed by atoms with van der Waals surface area (Å²) in [6, 6.07) is 12.5. The van der Waals surface area contributed by atoms with Crippen molar-refractivity contribution in [2.45, 2.75) is 52.8 Å². The topological polar surface area (TPSA) is 44.8 Å². The minimum absolute atomic E-state index is 0.0270. The van der Waals surface area contributed by atoms with Gasteiger partial charge in [0.25, 0.3) is 0 Å². The van der Waals surface area contributed by atoms with Crippen molar-refractivity contribution in [3.63, 3.8) is 0 Å². The number of aryl methyl sites for hydroxylation is 1. The SMILES string of the molecule is C=C(C)C(=O)OCC(C)COc1ccc2cc(-c3ccc(CCCCC)cc3OC(F)(F)F)sc2c1. The van der Waals surface area contributed by atoms with E-state index >= 15 is 0 Å². The molecule has 0 radical (unpaired) electrons. The van der Waals surface area contributed by atoms with E-state index in [0.717, 1.165) is 34.9 Å². The Balaban J connectivity index is 1.76. The Morgan fingerprint density at radius 3 is 2.56 bits per heavy atom. The Morgan fingerprint density at radius 1 is 1.08 bits per heavy atom. The third kappa shape index (κ3) is 8.01. The number of fused-ring (bicyclic) bond motifs is 1. The quantitative estimate of drug-likeness (QED) is 0.137. The van der Waals surface area contributed by atoms with E-state index in [1.807, 2.05) is 37.3 Å². The van der Waals surface area contributed by atoms with Crippen molar-refractivity contribution < 1.29 is 32.2 Å². The lowest BCUT2D eigenvalue weighted by Crippen LogP contribution is -2.18. The maximum absolute atomic E-state index is 13.2. The van der Waals surface area contributed by atoms with Crippen LogP contribution in [0.1, 0.15) is 45.6 Å². The molecule has 8 heteroatoms. The predicted molar refractivity (Wildman–Crippen MR) is 138 cm³/mol. The first-order chi connectivity index (χ1) is 17.1. The number of hydrogen-bond acceptors (Lipinski definition) is 5. The van der Waals surface area contributed by atoms with Gasteiger partial charge in [-0.1, -0.05) is 39.3 Å². The van der Waals surface area contributed by atoms with Gasteiger partial charge in [0.2, 0.25) is 0 Å². The lowest BCUT2D eigenvalue weighted by atomic mass is 10.0. The average molecular weight is 521 g/mol. The number of carbonyl (C=O) groups is 1. The smallest absolute Gasteiger partial charge is 0.493 e. The molecule has 1 unspecified atom stereocenters. The first-order valence-corrected chi connectivity index (χ1v) is 12.8. The maximum atomic E-state index is 13.2. The number of benzene rings is 2. The summed E-state index contributed by atoms with van der Waals surface area (Å²) in [4.78, 5) is 12.2. The molecule has 194 valence electrons. The van der Waals surface area contributed by atoms with Gasteiger partial charge in [-0.2, -0.15) is 0 Å². The zero-order valence-corrected chi connectivity index (χ0v) is 21.6. The van der Waals surface area contributed by atoms with E-state index in [1.54, 1.807) is 13.0 Å². The van der Waals surface area contributed by atoms with Gasteiger partial charge in [0, 0.05) is 26.6 Å². The number of esters is 1. The van der Waals surface area contributed by atoms with Crippen LogP contribution >= 0.6 is 11.3 Å². The lowest BCUT2D eigenvalue weighted by molar-refractivity contribution is -0.274. The van der Waals surface area contributed by atoms with Crippen molar-refractivity contribution in [1.29, 1.82) is 0 Å². The van der Waals surface area contributed by atoms with Crippen molar-refractivity contribution in [2.75, 3.05) is 13.2 Å². The molecule has 3 aromatic rings. The van der Waals surface area contributed by atoms with E-state index in [0.29, 0.717) is 34.8 Å². The summed E-state index contributed by atoms with van der Waals surface area (Å²) >= 11 is 1.38. The number of ether oxygens (including phenoxy) is 3. The Kier molecular flexibility index (Phi) is 9.43. The fourth-order valence-electron chi connectivity index (χ4n) is 3.58. The van der Waals surface area contributed by atoms with Gasteiger partial charge in [0.1, 0.15) is 11.5 Å². The van der Waals surface area contributed by atoms with Crippen LogP contribution < -0.4 is 9.47 Å². The summed E-state index contributed by atoms with van der Waals surface area (Å²) in [5, 5.41) is 0.899. The van der Waals surface area contributed by atoms with Gasteiger partial charge in [-0.15, -0.1) is 24.5 Å². The first-order valence-electron chi connectivity index (χ1n) is 11.9. The second kappa shape index (κ2) is 12.3. The van der Waals surface area contributed by atoms with Gasteiger partial charge in [-0.05, 0) is 67.1 Å². The van der Waals surface area contributed by atoms with E-state index in [4.69, 9.17) is 9.47 Å². The molecule has 0 aliphatic heterocycles. The van der Waals surface area contributed by atoms with E-state index in [-0.39, 0.29) is 18.3 Å². The fraction of sp³-hybridized carbons (Fsp3) is 0.393. The first kappa shape index (κ1) is 27.6. The summed E-state index contributed by atoms with van der Waals surface area (Å²) in [5.41, 5.74) is 1.58. The highest BCUT2D eigenvalue weighted by Gasteiger charge is 2.32. The molecule has 0 bridgehead atoms. The molecule has 4 nitrogen and oxygen atoms in total. The highest BCUT2D eigenvalue weighted by atomic mass is 32.1. The number of carbonyl (C=O) groups excluding carboxylic acids is 1. The maximum Gasteiger partial charge on any atom is 0.573 e. The lowest BCUT2D eigenvalue weighted by Gasteiger charge is -2.14. The summed E-state index contributed by atoms with van der Waals surface area (Å²) in [6.07, 6.45) is -1.08. The predicted octanol–water partition coefficient (Wildman–Crippen LogP) is 8.33. The van der Waals surface area contributed by atoms with E-state index in [9.17, 15) is 18.0 Å². The molecule has 36 heavy (non-hydrogen) atoms. The molecular weight excluding hydrogens is 489 g/mol. The molecule has 2 aromatic carbocycles. The summed E-state index contributed by atoms with van der Waals surface area (Å²) in [5.74, 6) is -0.0114. The number of rotatable bonds is 12. The van der Waals surface area contributed by atoms with Gasteiger partial charge in [-0.3, -0.25) is 0 Å². The Hall–Kier alpha value is -3.00. The zero-order valence-electron chi connectivity index (χ0n) is 20.7. The molecule has 0 spiro atoms. The number of hydrogen-bond donors (Lipinski definition) is 0. The molecule has 0 saturated carbocycles. The number of unbranched alkanes of at least 4 members (excludes halogenated alkanes) is 2. The second-order valence-corrected chi connectivity index (χ2v) is 10.0. The second-order valence-electron chi connectivity index (χ2n) is 8.94. The van der Waals surface area contributed by atoms with Gasteiger partial charge < -0.3 is 14.2 Å². The van der Waals surface area contributed by atoms with Gasteiger partial charge >= 0.3 is 12.3 Å². The van der Waals surface area contributed by atoms with E-state index in [2.05, 4.69) is 18.2 Å². The van der Waals surface area contributed by atoms with Crippen LogP contribution in [-0.4, -0.2) is 25.5 Å². The third-order valence-corrected chi connectivity index (χ3v) is 6.61. The monoisotopic (exact) mass is 520 g/mol. The van der Waals surface area contributed by atoms with Crippen LogP contribution in [-0.2, 0) is 16.0 Å². The molecule has 0 N–H and O–H groups in total. The standard InChI is InChI=1S/C28H31F3O4S/c1-5-6-7-8-20-9-12-23(24(13-20)35-28(29,30)31)26-14-21-10-11-22(15-25(21)36-26)33-16-19(4)17-34-27(32)18(2)3/h9-15,19H,2,5-8,16-17H2,1,3-4H3. The third-order valence-electron chi connectivity index (χ3n) is 5.48. The highest BCUT2D eigenvalue weighted by Crippen LogP contribution is 2.41. The highest BCUT2D eigenvalue weighted by molar-refractivity contribution is 7.22. The molecule has 1 aromatic heterocycles. The van der Waals surface area contributed by atoms with Crippen LogP contribution in [0.3, 0.4) is 0 Å². The molecule has 0 aliphatic carbocycles. The largest absolute Gasteiger partial charge is 0.573 e. The fourth-order valence-corrected chi connectivity index (χ4v) is 4.70. The Labute approximate surface area is 213 Å². The van der Waals surface area contributed by atoms with Crippen LogP contribution in [0, 0.1) is 5.92 Å². The van der Waals surface area contributed by atoms with Gasteiger partial charge in [-0.25, -0.2) is 4.79 Å². The molecule has 1 heterocycles. The summed E-state index contributed by atoms with van der Waals surface area (Å²) in [6.45, 7) is 9.69. The Bertz CT molecular complexity index is 1200. The number of halogens is 3. The molecule has 0 amide bonds. The van der Waals surface area contributed by atoms with Crippen LogP contribution in [0.2, 0.25) is 0 Å². The molecular formula is C28H31F3O4S. The van der Waals surface area contributed by atoms with Crippen molar-refractivity contribution >= 4 is 27.4 Å². The Morgan fingerprint density at radius 2 is 1.86 bits per heavy atom. The molecule has 3 rings (SSSR count). The molecule has 0 aliphatic rings. The van der Waals surface area contributed by atoms with Crippen LogP contribution in [0.5, 0.6) is 11.5 Å². The molecule has 0 fully saturated rings. The summed E-state index contributed by atoms with van der Waals surface area (Å²) < 4.78 is 55.8. The van der Waals surface area contributed by atoms with Crippen LogP contribution in [0.4, 0.5) is 13.2 Å². The van der Waals surface area contributed by atoms with E-state index < -0.39 is 12.3 Å². The summed E-state index contributed by atoms with van der Waals surface area (Å²) in [7, 11) is 0. The van der Waals surface area contributed by atoms with Crippen LogP contribution in [0.25, 0.3) is 20.5 Å². The van der Waals surface area contributed by atoms with Crippen molar-refractivity contribution in [3.8, 4) is 21.9 Å². The zero-order chi connectivity index (χ0) is 26.3. The van der Waals surface area contributed by atoms with Crippen molar-refractivity contribution in [1.82, 2.24) is 0 Å². The average Bonchev–Trinajstić information content (AvgIpc) is 3.23. The van der Waals surface area contributed by atoms with Crippen molar-refractivity contribution in [3.05, 3.63) is 60.2 Å². The number of thiophene rings is 1. The van der Waals surface area contributed by atoms with Gasteiger partial charge in [0.05, 0.1) is 13.2 Å². The minimum Gasteiger partial charge on any atom is -0.493 e. The normalized spacial score (nSPS) is 12.4. The molecule has 1 atom stereocenters. The molecule has 0 saturated heterocycles. The van der Waals surface area contributed by atoms with E-state index in [1.165, 1.54) is 17.4 Å². The van der Waals surface area contributed by atoms with Crippen molar-refractivity contribution in [2.24, 2.45) is 5.92 Å². The van der Waals surface area contributed by atoms with Gasteiger partial charge in [0.15, 0.2) is 0 Å². The number of alkyl halides is 3. The minimum atomic E-state index is -4.77. The van der Waals surface area contributed by atoms with Crippen LogP contribution in [0.15, 0.2) is 54.6 Å².